The monoisotopic (exact) mass is 380 g/mol. The van der Waals surface area contributed by atoms with E-state index in [9.17, 15) is 4.79 Å². The molecule has 0 aliphatic carbocycles. The lowest BCUT2D eigenvalue weighted by atomic mass is 10.1. The van der Waals surface area contributed by atoms with Crippen molar-refractivity contribution < 1.29 is 18.8 Å². The van der Waals surface area contributed by atoms with Crippen LogP contribution in [0.4, 0.5) is 0 Å². The summed E-state index contributed by atoms with van der Waals surface area (Å²) >= 11 is 0. The van der Waals surface area contributed by atoms with Gasteiger partial charge in [-0.15, -0.1) is 0 Å². The Balaban J connectivity index is 1.78. The molecule has 0 radical (unpaired) electrons. The average Bonchev–Trinajstić information content (AvgIpc) is 3.20. The molecule has 0 aliphatic heterocycles. The highest BCUT2D eigenvalue weighted by Crippen LogP contribution is 2.25. The lowest BCUT2D eigenvalue weighted by molar-refractivity contribution is 0.0676. The third-order valence-electron chi connectivity index (χ3n) is 4.42. The van der Waals surface area contributed by atoms with Crippen molar-refractivity contribution in [2.75, 3.05) is 27.4 Å². The summed E-state index contributed by atoms with van der Waals surface area (Å²) in [6.07, 6.45) is 0. The van der Waals surface area contributed by atoms with Crippen LogP contribution in [-0.2, 0) is 11.3 Å². The summed E-state index contributed by atoms with van der Waals surface area (Å²) in [5.41, 5.74) is 3.29. The molecule has 0 saturated carbocycles. The van der Waals surface area contributed by atoms with Crippen molar-refractivity contribution >= 4 is 5.91 Å². The van der Waals surface area contributed by atoms with Crippen LogP contribution in [0.25, 0.3) is 11.3 Å². The quantitative estimate of drug-likeness (QED) is 0.592. The first-order valence-corrected chi connectivity index (χ1v) is 9.05. The van der Waals surface area contributed by atoms with Gasteiger partial charge in [0, 0.05) is 30.8 Å². The SMILES string of the molecule is COCCN(Cc1cc(-c2cccc(OC)c2)on1)C(=O)c1ccc(C)cc1. The second-order valence-corrected chi connectivity index (χ2v) is 6.50. The zero-order valence-corrected chi connectivity index (χ0v) is 16.3. The van der Waals surface area contributed by atoms with E-state index in [1.807, 2.05) is 61.5 Å². The van der Waals surface area contributed by atoms with Gasteiger partial charge in [-0.25, -0.2) is 0 Å². The number of hydrogen-bond donors (Lipinski definition) is 0. The van der Waals surface area contributed by atoms with Gasteiger partial charge in [-0.05, 0) is 31.2 Å². The van der Waals surface area contributed by atoms with E-state index in [1.165, 1.54) is 0 Å². The number of aryl methyl sites for hydroxylation is 1. The topological polar surface area (TPSA) is 64.8 Å². The van der Waals surface area contributed by atoms with Crippen LogP contribution in [0.3, 0.4) is 0 Å². The zero-order valence-electron chi connectivity index (χ0n) is 16.3. The van der Waals surface area contributed by atoms with Gasteiger partial charge in [0.25, 0.3) is 5.91 Å². The Kier molecular flexibility index (Phi) is 6.45. The van der Waals surface area contributed by atoms with E-state index >= 15 is 0 Å². The van der Waals surface area contributed by atoms with Crippen LogP contribution in [0.2, 0.25) is 0 Å². The number of rotatable bonds is 8. The molecule has 2 aromatic carbocycles. The first kappa shape index (κ1) is 19.6. The minimum Gasteiger partial charge on any atom is -0.497 e. The van der Waals surface area contributed by atoms with E-state index in [2.05, 4.69) is 5.16 Å². The predicted octanol–water partition coefficient (Wildman–Crippen LogP) is 3.95. The van der Waals surface area contributed by atoms with Crippen LogP contribution < -0.4 is 4.74 Å². The second kappa shape index (κ2) is 9.19. The molecule has 0 atom stereocenters. The van der Waals surface area contributed by atoms with E-state index in [4.69, 9.17) is 14.0 Å². The van der Waals surface area contributed by atoms with Crippen molar-refractivity contribution in [2.45, 2.75) is 13.5 Å². The van der Waals surface area contributed by atoms with Crippen molar-refractivity contribution in [3.05, 3.63) is 71.4 Å². The first-order chi connectivity index (χ1) is 13.6. The Morgan fingerprint density at radius 1 is 1.11 bits per heavy atom. The number of ether oxygens (including phenoxy) is 2. The van der Waals surface area contributed by atoms with Gasteiger partial charge < -0.3 is 18.9 Å². The fraction of sp³-hybridized carbons (Fsp3) is 0.273. The Labute approximate surface area is 164 Å². The summed E-state index contributed by atoms with van der Waals surface area (Å²) in [5, 5.41) is 4.14. The van der Waals surface area contributed by atoms with Crippen molar-refractivity contribution in [1.82, 2.24) is 10.1 Å². The van der Waals surface area contributed by atoms with Crippen molar-refractivity contribution in [3.63, 3.8) is 0 Å². The van der Waals surface area contributed by atoms with Gasteiger partial charge in [0.1, 0.15) is 11.4 Å². The van der Waals surface area contributed by atoms with Crippen molar-refractivity contribution in [1.29, 1.82) is 0 Å². The van der Waals surface area contributed by atoms with E-state index in [0.29, 0.717) is 36.7 Å². The average molecular weight is 380 g/mol. The molecule has 0 bridgehead atoms. The summed E-state index contributed by atoms with van der Waals surface area (Å²) in [4.78, 5) is 14.6. The smallest absolute Gasteiger partial charge is 0.254 e. The van der Waals surface area contributed by atoms with Gasteiger partial charge in [-0.1, -0.05) is 35.0 Å². The maximum atomic E-state index is 12.9. The Morgan fingerprint density at radius 2 is 1.89 bits per heavy atom. The molecule has 1 aromatic heterocycles. The second-order valence-electron chi connectivity index (χ2n) is 6.50. The largest absolute Gasteiger partial charge is 0.497 e. The molecule has 0 aliphatic rings. The number of nitrogens with zero attached hydrogens (tertiary/aromatic N) is 2. The van der Waals surface area contributed by atoms with Gasteiger partial charge in [0.15, 0.2) is 5.76 Å². The van der Waals surface area contributed by atoms with Crippen molar-refractivity contribution in [3.8, 4) is 17.1 Å². The summed E-state index contributed by atoms with van der Waals surface area (Å²) in [5.74, 6) is 1.30. The van der Waals surface area contributed by atoms with Crippen LogP contribution in [0.5, 0.6) is 5.75 Å². The number of benzene rings is 2. The number of aromatic nitrogens is 1. The van der Waals surface area contributed by atoms with Crippen LogP contribution in [0.1, 0.15) is 21.6 Å². The van der Waals surface area contributed by atoms with Crippen molar-refractivity contribution in [2.24, 2.45) is 0 Å². The molecule has 3 aromatic rings. The molecule has 0 fully saturated rings. The minimum atomic E-state index is -0.0667. The van der Waals surface area contributed by atoms with E-state index in [1.54, 1.807) is 19.1 Å². The maximum Gasteiger partial charge on any atom is 0.254 e. The number of methoxy groups -OCH3 is 2. The van der Waals surface area contributed by atoms with Gasteiger partial charge >= 0.3 is 0 Å². The highest BCUT2D eigenvalue weighted by molar-refractivity contribution is 5.94. The third kappa shape index (κ3) is 4.78. The molecule has 6 heteroatoms. The van der Waals surface area contributed by atoms with Crippen LogP contribution in [0, 0.1) is 6.92 Å². The summed E-state index contributed by atoms with van der Waals surface area (Å²) < 4.78 is 15.9. The first-order valence-electron chi connectivity index (χ1n) is 9.05. The fourth-order valence-electron chi connectivity index (χ4n) is 2.83. The summed E-state index contributed by atoms with van der Waals surface area (Å²) in [6, 6.07) is 16.9. The predicted molar refractivity (Wildman–Crippen MR) is 106 cm³/mol. The molecule has 0 saturated heterocycles. The maximum absolute atomic E-state index is 12.9. The van der Waals surface area contributed by atoms with Crippen LogP contribution >= 0.6 is 0 Å². The molecule has 1 heterocycles. The molecule has 3 rings (SSSR count). The third-order valence-corrected chi connectivity index (χ3v) is 4.42. The molecular formula is C22H24N2O4. The number of carbonyl (C=O) groups excluding carboxylic acids is 1. The van der Waals surface area contributed by atoms with E-state index < -0.39 is 0 Å². The minimum absolute atomic E-state index is 0.0667. The number of hydrogen-bond acceptors (Lipinski definition) is 5. The molecule has 0 N–H and O–H groups in total. The van der Waals surface area contributed by atoms with Crippen LogP contribution in [-0.4, -0.2) is 43.3 Å². The lowest BCUT2D eigenvalue weighted by Gasteiger charge is -2.21. The highest BCUT2D eigenvalue weighted by Gasteiger charge is 2.18. The molecule has 0 unspecified atom stereocenters. The molecule has 28 heavy (non-hydrogen) atoms. The number of carbonyl (C=O) groups is 1. The van der Waals surface area contributed by atoms with Gasteiger partial charge in [-0.3, -0.25) is 4.79 Å². The molecule has 1 amide bonds. The molecular weight excluding hydrogens is 356 g/mol. The summed E-state index contributed by atoms with van der Waals surface area (Å²) in [6.45, 7) is 3.23. The van der Waals surface area contributed by atoms with Gasteiger partial charge in [-0.2, -0.15) is 0 Å². The molecule has 0 spiro atoms. The van der Waals surface area contributed by atoms with E-state index in [0.717, 1.165) is 16.9 Å². The molecule has 146 valence electrons. The lowest BCUT2D eigenvalue weighted by Crippen LogP contribution is -2.33. The molecule has 6 nitrogen and oxygen atoms in total. The Bertz CT molecular complexity index is 918. The standard InChI is InChI=1S/C22H24N2O4/c1-16-7-9-17(10-8-16)22(25)24(11-12-26-2)15-19-14-21(28-23-19)18-5-4-6-20(13-18)27-3/h4-10,13-14H,11-12,15H2,1-3H3. The number of amides is 1. The Morgan fingerprint density at radius 3 is 2.61 bits per heavy atom. The van der Waals surface area contributed by atoms with Gasteiger partial charge in [0.2, 0.25) is 0 Å². The highest BCUT2D eigenvalue weighted by atomic mass is 16.5. The van der Waals surface area contributed by atoms with Gasteiger partial charge in [0.05, 0.1) is 20.3 Å². The normalized spacial score (nSPS) is 10.7. The fourth-order valence-corrected chi connectivity index (χ4v) is 2.83. The zero-order chi connectivity index (χ0) is 19.9. The summed E-state index contributed by atoms with van der Waals surface area (Å²) in [7, 11) is 3.24. The van der Waals surface area contributed by atoms with E-state index in [-0.39, 0.29) is 5.91 Å². The Hall–Kier alpha value is -3.12. The van der Waals surface area contributed by atoms with Crippen LogP contribution in [0.15, 0.2) is 59.1 Å².